The van der Waals surface area contributed by atoms with Crippen molar-refractivity contribution in [1.82, 2.24) is 5.32 Å². The Kier molecular flexibility index (Phi) is 11.3. The van der Waals surface area contributed by atoms with Gasteiger partial charge in [-0.3, -0.25) is 14.4 Å². The molecule has 0 fully saturated rings. The zero-order chi connectivity index (χ0) is 33.9. The van der Waals surface area contributed by atoms with Gasteiger partial charge < -0.3 is 25.4 Å². The lowest BCUT2D eigenvalue weighted by molar-refractivity contribution is -0.115. The molecule has 0 radical (unpaired) electrons. The molecule has 1 atom stereocenters. The minimum Gasteiger partial charge on any atom is -0.497 e. The zero-order valence-corrected chi connectivity index (χ0v) is 27.5. The van der Waals surface area contributed by atoms with Crippen molar-refractivity contribution in [2.45, 2.75) is 17.1 Å². The smallest absolute Gasteiger partial charge is 0.272 e. The third-order valence-corrected chi connectivity index (χ3v) is 8.34. The van der Waals surface area contributed by atoms with E-state index in [9.17, 15) is 14.4 Å². The van der Waals surface area contributed by atoms with E-state index in [0.717, 1.165) is 21.6 Å². The first-order chi connectivity index (χ1) is 23.3. The molecule has 3 amide bonds. The van der Waals surface area contributed by atoms with Crippen LogP contribution in [0.25, 0.3) is 17.2 Å². The lowest BCUT2D eigenvalue weighted by atomic mass is 10.0. The van der Waals surface area contributed by atoms with Crippen molar-refractivity contribution in [2.24, 2.45) is 0 Å². The molecule has 0 aliphatic rings. The van der Waals surface area contributed by atoms with Gasteiger partial charge in [0.05, 0.1) is 19.5 Å². The fraction of sp³-hybridized carbons (Fsp3) is 0.103. The molecule has 5 aromatic carbocycles. The summed E-state index contributed by atoms with van der Waals surface area (Å²) in [6.07, 6.45) is 1.64. The molecule has 5 aromatic rings. The Labute approximate surface area is 284 Å². The second kappa shape index (κ2) is 16.2. The second-order valence-corrected chi connectivity index (χ2v) is 12.1. The second-order valence-electron chi connectivity index (χ2n) is 10.7. The Balaban J connectivity index is 1.31. The van der Waals surface area contributed by atoms with Gasteiger partial charge in [0.25, 0.3) is 11.8 Å². The van der Waals surface area contributed by atoms with E-state index in [0.29, 0.717) is 28.4 Å². The summed E-state index contributed by atoms with van der Waals surface area (Å²) in [6.45, 7) is 1.80. The molecule has 0 spiro atoms. The van der Waals surface area contributed by atoms with Gasteiger partial charge in [-0.15, -0.1) is 11.8 Å². The number of amides is 3. The number of carbonyl (C=O) groups excluding carboxylic acids is 3. The molecule has 242 valence electrons. The van der Waals surface area contributed by atoms with E-state index in [1.54, 1.807) is 87.9 Å². The highest BCUT2D eigenvalue weighted by molar-refractivity contribution is 8.00. The van der Waals surface area contributed by atoms with Crippen LogP contribution in [0.15, 0.2) is 138 Å². The highest BCUT2D eigenvalue weighted by atomic mass is 32.2. The first kappa shape index (κ1) is 33.6. The number of carbonyl (C=O) groups is 3. The number of methoxy groups -OCH3 is 2. The average Bonchev–Trinajstić information content (AvgIpc) is 3.12. The van der Waals surface area contributed by atoms with Crippen LogP contribution in [0.1, 0.15) is 22.8 Å². The van der Waals surface area contributed by atoms with Gasteiger partial charge in [-0.1, -0.05) is 78.9 Å². The van der Waals surface area contributed by atoms with Crippen LogP contribution in [-0.2, 0) is 9.59 Å². The van der Waals surface area contributed by atoms with E-state index in [2.05, 4.69) is 16.0 Å². The summed E-state index contributed by atoms with van der Waals surface area (Å²) in [5, 5.41) is 8.12. The van der Waals surface area contributed by atoms with Crippen LogP contribution in [0.2, 0.25) is 0 Å². The van der Waals surface area contributed by atoms with Gasteiger partial charge in [0.1, 0.15) is 17.2 Å². The highest BCUT2D eigenvalue weighted by Crippen LogP contribution is 2.29. The number of rotatable bonds is 12. The molecular formula is C39H35N3O5S. The lowest BCUT2D eigenvalue weighted by Gasteiger charge is -2.15. The normalized spacial score (nSPS) is 11.6. The Hall–Kier alpha value is -5.80. The van der Waals surface area contributed by atoms with E-state index in [-0.39, 0.29) is 11.6 Å². The summed E-state index contributed by atoms with van der Waals surface area (Å²) in [5.41, 5.74) is 4.42. The molecular weight excluding hydrogens is 623 g/mol. The summed E-state index contributed by atoms with van der Waals surface area (Å²) < 4.78 is 10.6. The van der Waals surface area contributed by atoms with E-state index in [1.807, 2.05) is 66.7 Å². The predicted octanol–water partition coefficient (Wildman–Crippen LogP) is 7.90. The van der Waals surface area contributed by atoms with E-state index >= 15 is 0 Å². The van der Waals surface area contributed by atoms with Gasteiger partial charge in [-0.2, -0.15) is 0 Å². The number of ether oxygens (including phenoxy) is 2. The van der Waals surface area contributed by atoms with Crippen LogP contribution < -0.4 is 25.4 Å². The van der Waals surface area contributed by atoms with E-state index in [4.69, 9.17) is 9.47 Å². The van der Waals surface area contributed by atoms with Crippen molar-refractivity contribution in [1.29, 1.82) is 0 Å². The predicted molar refractivity (Wildman–Crippen MR) is 192 cm³/mol. The number of thioether (sulfide) groups is 1. The summed E-state index contributed by atoms with van der Waals surface area (Å²) in [4.78, 5) is 40.5. The molecule has 5 rings (SSSR count). The third kappa shape index (κ3) is 9.14. The van der Waals surface area contributed by atoms with Gasteiger partial charge in [0.2, 0.25) is 5.91 Å². The molecule has 0 saturated carbocycles. The quantitative estimate of drug-likeness (QED) is 0.0931. The maximum Gasteiger partial charge on any atom is 0.272 e. The molecule has 0 bridgehead atoms. The molecule has 9 heteroatoms. The fourth-order valence-electron chi connectivity index (χ4n) is 4.74. The van der Waals surface area contributed by atoms with Crippen LogP contribution in [0, 0.1) is 0 Å². The molecule has 48 heavy (non-hydrogen) atoms. The maximum absolute atomic E-state index is 13.6. The molecule has 0 saturated heterocycles. The first-order valence-electron chi connectivity index (χ1n) is 15.2. The molecule has 0 aromatic heterocycles. The van der Waals surface area contributed by atoms with Crippen LogP contribution in [0.3, 0.4) is 0 Å². The minimum atomic E-state index is -0.494. The van der Waals surface area contributed by atoms with Crippen LogP contribution >= 0.6 is 11.8 Å². The Morgan fingerprint density at radius 3 is 1.94 bits per heavy atom. The lowest BCUT2D eigenvalue weighted by Crippen LogP contribution is -2.30. The number of nitrogens with one attached hydrogen (secondary N) is 3. The van der Waals surface area contributed by atoms with E-state index in [1.165, 1.54) is 11.8 Å². The largest absolute Gasteiger partial charge is 0.497 e. The van der Waals surface area contributed by atoms with Gasteiger partial charge in [0.15, 0.2) is 0 Å². The molecule has 3 N–H and O–H groups in total. The summed E-state index contributed by atoms with van der Waals surface area (Å²) in [7, 11) is 3.09. The summed E-state index contributed by atoms with van der Waals surface area (Å²) in [6, 6.07) is 38.8. The van der Waals surface area contributed by atoms with Crippen molar-refractivity contribution in [2.75, 3.05) is 24.9 Å². The zero-order valence-electron chi connectivity index (χ0n) is 26.7. The number of benzene rings is 5. The summed E-state index contributed by atoms with van der Waals surface area (Å²) >= 11 is 1.34. The number of hydrogen-bond acceptors (Lipinski definition) is 6. The fourth-order valence-corrected chi connectivity index (χ4v) is 5.66. The van der Waals surface area contributed by atoms with Crippen molar-refractivity contribution in [3.8, 4) is 22.6 Å². The first-order valence-corrected chi connectivity index (χ1v) is 16.0. The van der Waals surface area contributed by atoms with Gasteiger partial charge >= 0.3 is 0 Å². The van der Waals surface area contributed by atoms with Crippen LogP contribution in [0.5, 0.6) is 11.5 Å². The Morgan fingerprint density at radius 2 is 1.29 bits per heavy atom. The topological polar surface area (TPSA) is 106 Å². The summed E-state index contributed by atoms with van der Waals surface area (Å²) in [5.74, 6) is 0.0101. The van der Waals surface area contributed by atoms with Gasteiger partial charge in [-0.25, -0.2) is 0 Å². The van der Waals surface area contributed by atoms with Crippen molar-refractivity contribution in [3.05, 3.63) is 144 Å². The van der Waals surface area contributed by atoms with Crippen molar-refractivity contribution < 1.29 is 23.9 Å². The number of anilines is 2. The molecule has 0 aliphatic carbocycles. The molecule has 0 heterocycles. The highest BCUT2D eigenvalue weighted by Gasteiger charge is 2.18. The van der Waals surface area contributed by atoms with Gasteiger partial charge in [0, 0.05) is 40.0 Å². The third-order valence-electron chi connectivity index (χ3n) is 7.25. The Bertz CT molecular complexity index is 1890. The van der Waals surface area contributed by atoms with Crippen LogP contribution in [0.4, 0.5) is 11.4 Å². The average molecular weight is 658 g/mol. The molecule has 8 nitrogen and oxygen atoms in total. The maximum atomic E-state index is 13.6. The minimum absolute atomic E-state index is 0.0795. The van der Waals surface area contributed by atoms with Crippen molar-refractivity contribution in [3.63, 3.8) is 0 Å². The monoisotopic (exact) mass is 657 g/mol. The Morgan fingerprint density at radius 1 is 0.667 bits per heavy atom. The van der Waals surface area contributed by atoms with Crippen LogP contribution in [-0.4, -0.2) is 37.2 Å². The van der Waals surface area contributed by atoms with E-state index < -0.39 is 17.1 Å². The van der Waals surface area contributed by atoms with Gasteiger partial charge in [-0.05, 0) is 60.0 Å². The molecule has 0 aliphatic heterocycles. The number of hydrogen-bond donors (Lipinski definition) is 3. The molecule has 1 unspecified atom stereocenters. The van der Waals surface area contributed by atoms with Crippen molar-refractivity contribution >= 4 is 46.9 Å². The SMILES string of the molecule is COc1cc(NC(=O)C(C)Sc2cccc(NC(=O)/C(=C\c3ccc(-c4ccccc4)cc3)NC(=O)c3ccccc3)c2)cc(OC)c1. The standard InChI is InChI=1S/C39H35N3O5S/c1-26(37(43)41-32-22-33(46-2)25-34(23-32)47-3)48-35-16-10-15-31(24-35)40-39(45)36(42-38(44)30-13-8-5-9-14-30)21-27-17-19-29(20-18-27)28-11-6-4-7-12-28/h4-26H,1-3H3,(H,40,45)(H,41,43)(H,42,44)/b36-21+.